The van der Waals surface area contributed by atoms with Gasteiger partial charge in [0.1, 0.15) is 0 Å². The summed E-state index contributed by atoms with van der Waals surface area (Å²) >= 11 is 0. The average molecular weight is 248 g/mol. The number of nitro groups is 1. The molecule has 1 aliphatic heterocycles. The molecule has 0 aliphatic carbocycles. The zero-order chi connectivity index (χ0) is 13.3. The quantitative estimate of drug-likeness (QED) is 0.461. The lowest BCUT2D eigenvalue weighted by Crippen LogP contribution is -2.15. The molecule has 0 radical (unpaired) electrons. The maximum Gasteiger partial charge on any atom is 0.339 e. The van der Waals surface area contributed by atoms with Crippen LogP contribution < -0.4 is 0 Å². The van der Waals surface area contributed by atoms with E-state index in [2.05, 4.69) is 0 Å². The van der Waals surface area contributed by atoms with Gasteiger partial charge in [-0.25, -0.2) is 4.79 Å². The largest absolute Gasteiger partial charge is 0.442 e. The Hall–Kier alpha value is -2.37. The van der Waals surface area contributed by atoms with Crippen LogP contribution in [0.15, 0.2) is 36.2 Å². The van der Waals surface area contributed by atoms with E-state index in [1.54, 1.807) is 43.3 Å². The van der Waals surface area contributed by atoms with E-state index in [9.17, 15) is 14.9 Å². The van der Waals surface area contributed by atoms with Gasteiger partial charge in [0.05, 0.1) is 16.7 Å². The Morgan fingerprint density at radius 1 is 1.44 bits per heavy atom. The summed E-state index contributed by atoms with van der Waals surface area (Å²) in [6, 6.07) is 6.69. The molecule has 0 aromatic heterocycles. The Balaban J connectivity index is 2.47. The molecule has 1 heterocycles. The van der Waals surface area contributed by atoms with Crippen molar-refractivity contribution in [2.75, 3.05) is 14.1 Å². The predicted octanol–water partition coefficient (Wildman–Crippen LogP) is 1.58. The van der Waals surface area contributed by atoms with E-state index in [1.165, 1.54) is 6.20 Å². The van der Waals surface area contributed by atoms with Gasteiger partial charge >= 0.3 is 11.7 Å². The Morgan fingerprint density at radius 3 is 2.72 bits per heavy atom. The minimum Gasteiger partial charge on any atom is -0.442 e. The first-order valence-corrected chi connectivity index (χ1v) is 5.33. The van der Waals surface area contributed by atoms with Gasteiger partial charge in [-0.05, 0) is 6.07 Å². The third-order valence-corrected chi connectivity index (χ3v) is 2.56. The third kappa shape index (κ3) is 2.04. The molecule has 0 unspecified atom stereocenters. The molecule has 0 saturated carbocycles. The minimum atomic E-state index is -0.939. The van der Waals surface area contributed by atoms with Crippen LogP contribution in [-0.2, 0) is 4.74 Å². The molecule has 6 nitrogen and oxygen atoms in total. The van der Waals surface area contributed by atoms with Crippen molar-refractivity contribution >= 4 is 5.97 Å². The molecule has 6 heteroatoms. The first-order chi connectivity index (χ1) is 8.50. The Morgan fingerprint density at radius 2 is 2.11 bits per heavy atom. The second-order valence-electron chi connectivity index (χ2n) is 4.15. The van der Waals surface area contributed by atoms with E-state index in [-0.39, 0.29) is 5.70 Å². The lowest BCUT2D eigenvalue weighted by Gasteiger charge is -2.10. The van der Waals surface area contributed by atoms with Crippen molar-refractivity contribution in [1.29, 1.82) is 0 Å². The number of fused-ring (bicyclic) bond motifs is 1. The fraction of sp³-hybridized carbons (Fsp3) is 0.250. The molecule has 1 atom stereocenters. The van der Waals surface area contributed by atoms with Crippen LogP contribution in [0.5, 0.6) is 0 Å². The van der Waals surface area contributed by atoms with E-state index in [1.807, 2.05) is 0 Å². The number of hydrogen-bond acceptors (Lipinski definition) is 5. The Labute approximate surface area is 104 Å². The highest BCUT2D eigenvalue weighted by Gasteiger charge is 2.39. The molecule has 0 saturated heterocycles. The minimum absolute atomic E-state index is 0.154. The van der Waals surface area contributed by atoms with E-state index in [4.69, 9.17) is 4.74 Å². The van der Waals surface area contributed by atoms with E-state index in [0.29, 0.717) is 11.1 Å². The van der Waals surface area contributed by atoms with Crippen LogP contribution >= 0.6 is 0 Å². The van der Waals surface area contributed by atoms with Crippen LogP contribution in [0.4, 0.5) is 0 Å². The van der Waals surface area contributed by atoms with Crippen LogP contribution in [0.3, 0.4) is 0 Å². The fourth-order valence-corrected chi connectivity index (χ4v) is 1.84. The van der Waals surface area contributed by atoms with Crippen molar-refractivity contribution < 1.29 is 14.5 Å². The van der Waals surface area contributed by atoms with Gasteiger partial charge in [0.25, 0.3) is 0 Å². The van der Waals surface area contributed by atoms with E-state index >= 15 is 0 Å². The van der Waals surface area contributed by atoms with Crippen LogP contribution in [0.2, 0.25) is 0 Å². The molecule has 94 valence electrons. The molecule has 0 spiro atoms. The maximum absolute atomic E-state index is 11.6. The molecule has 1 aromatic rings. The molecule has 0 N–H and O–H groups in total. The van der Waals surface area contributed by atoms with Gasteiger partial charge in [-0.15, -0.1) is 0 Å². The van der Waals surface area contributed by atoms with Crippen LogP contribution in [0.25, 0.3) is 0 Å². The number of ether oxygens (including phenoxy) is 1. The molecule has 18 heavy (non-hydrogen) atoms. The smallest absolute Gasteiger partial charge is 0.339 e. The number of carbonyl (C=O) groups is 1. The van der Waals surface area contributed by atoms with Gasteiger partial charge in [-0.2, -0.15) is 0 Å². The van der Waals surface area contributed by atoms with Crippen molar-refractivity contribution in [3.05, 3.63) is 57.4 Å². The molecular weight excluding hydrogens is 236 g/mol. The van der Waals surface area contributed by atoms with Gasteiger partial charge in [0.15, 0.2) is 0 Å². The van der Waals surface area contributed by atoms with Gasteiger partial charge in [-0.3, -0.25) is 10.1 Å². The first-order valence-electron chi connectivity index (χ1n) is 5.33. The van der Waals surface area contributed by atoms with Gasteiger partial charge in [-0.1, -0.05) is 18.2 Å². The molecule has 1 aliphatic rings. The van der Waals surface area contributed by atoms with Crippen LogP contribution in [-0.4, -0.2) is 29.9 Å². The molecule has 0 bridgehead atoms. The number of carbonyl (C=O) groups excluding carboxylic acids is 1. The molecule has 0 fully saturated rings. The summed E-state index contributed by atoms with van der Waals surface area (Å²) < 4.78 is 5.08. The summed E-state index contributed by atoms with van der Waals surface area (Å²) in [5.41, 5.74) is 0.764. The highest BCUT2D eigenvalue weighted by molar-refractivity contribution is 5.94. The van der Waals surface area contributed by atoms with Crippen molar-refractivity contribution in [2.45, 2.75) is 6.10 Å². The topological polar surface area (TPSA) is 72.7 Å². The third-order valence-electron chi connectivity index (χ3n) is 2.56. The van der Waals surface area contributed by atoms with Crippen molar-refractivity contribution in [3.8, 4) is 0 Å². The average Bonchev–Trinajstić information content (AvgIpc) is 2.64. The number of esters is 1. The number of rotatable bonds is 3. The van der Waals surface area contributed by atoms with E-state index in [0.717, 1.165) is 0 Å². The summed E-state index contributed by atoms with van der Waals surface area (Å²) in [5.74, 6) is -0.526. The first kappa shape index (κ1) is 12.1. The normalized spacial score (nSPS) is 18.2. The highest BCUT2D eigenvalue weighted by Crippen LogP contribution is 2.35. The molecule has 0 amide bonds. The summed E-state index contributed by atoms with van der Waals surface area (Å²) in [5, 5.41) is 11.1. The standard InChI is InChI=1S/C12H12N2O4/c1-13(2)7-10(14(16)17)11-8-5-3-4-6-9(8)12(15)18-11/h3-7,11H,1-2H3/b10-7+/t11-/m0/s1. The lowest BCUT2D eigenvalue weighted by atomic mass is 10.0. The van der Waals surface area contributed by atoms with Crippen molar-refractivity contribution in [3.63, 3.8) is 0 Å². The monoisotopic (exact) mass is 248 g/mol. The van der Waals surface area contributed by atoms with Crippen molar-refractivity contribution in [2.24, 2.45) is 0 Å². The van der Waals surface area contributed by atoms with Gasteiger partial charge in [0, 0.05) is 19.7 Å². The van der Waals surface area contributed by atoms with E-state index < -0.39 is 17.0 Å². The second-order valence-corrected chi connectivity index (χ2v) is 4.15. The Kier molecular flexibility index (Phi) is 3.01. The fourth-order valence-electron chi connectivity index (χ4n) is 1.84. The van der Waals surface area contributed by atoms with Gasteiger partial charge < -0.3 is 9.64 Å². The SMILES string of the molecule is CN(C)/C=C(\[C@H]1OC(=O)c2ccccc21)[N+](=O)[O-]. The van der Waals surface area contributed by atoms with Crippen LogP contribution in [0, 0.1) is 10.1 Å². The van der Waals surface area contributed by atoms with Crippen LogP contribution in [0.1, 0.15) is 22.0 Å². The summed E-state index contributed by atoms with van der Waals surface area (Å²) in [7, 11) is 3.35. The summed E-state index contributed by atoms with van der Waals surface area (Å²) in [6.45, 7) is 0. The number of hydrogen-bond donors (Lipinski definition) is 0. The van der Waals surface area contributed by atoms with Gasteiger partial charge in [0.2, 0.25) is 6.10 Å². The lowest BCUT2D eigenvalue weighted by molar-refractivity contribution is -0.437. The highest BCUT2D eigenvalue weighted by atomic mass is 16.6. The predicted molar refractivity (Wildman–Crippen MR) is 63.4 cm³/mol. The summed E-state index contributed by atoms with van der Waals surface area (Å²) in [6.07, 6.45) is 0.408. The van der Waals surface area contributed by atoms with Crippen molar-refractivity contribution in [1.82, 2.24) is 4.90 Å². The summed E-state index contributed by atoms with van der Waals surface area (Å²) in [4.78, 5) is 23.7. The number of cyclic esters (lactones) is 1. The zero-order valence-corrected chi connectivity index (χ0v) is 9.99. The number of benzene rings is 1. The second kappa shape index (κ2) is 4.48. The molecule has 1 aromatic carbocycles. The molecular formula is C12H12N2O4. The number of nitrogens with zero attached hydrogens (tertiary/aromatic N) is 2. The molecule has 2 rings (SSSR count). The maximum atomic E-state index is 11.6. The Bertz CT molecular complexity index is 537. The zero-order valence-electron chi connectivity index (χ0n) is 9.99.